The fourth-order valence-corrected chi connectivity index (χ4v) is 4.09. The van der Waals surface area contributed by atoms with Crippen LogP contribution in [0.1, 0.15) is 35.2 Å². The molecule has 2 aliphatic heterocycles. The number of amides is 2. The molecule has 1 atom stereocenters. The molecule has 3 N–H and O–H groups in total. The van der Waals surface area contributed by atoms with Gasteiger partial charge in [0.05, 0.1) is 0 Å². The van der Waals surface area contributed by atoms with Crippen LogP contribution in [0.4, 0.5) is 11.4 Å². The van der Waals surface area contributed by atoms with E-state index in [-0.39, 0.29) is 30.4 Å². The van der Waals surface area contributed by atoms with Crippen LogP contribution >= 0.6 is 0 Å². The van der Waals surface area contributed by atoms with Gasteiger partial charge in [0.15, 0.2) is 0 Å². The summed E-state index contributed by atoms with van der Waals surface area (Å²) in [7, 11) is 0. The average Bonchev–Trinajstić information content (AvgIpc) is 2.82. The summed E-state index contributed by atoms with van der Waals surface area (Å²) < 4.78 is 0. The summed E-state index contributed by atoms with van der Waals surface area (Å²) in [6.07, 6.45) is 3.14. The molecule has 139 valence electrons. The van der Waals surface area contributed by atoms with Crippen molar-refractivity contribution in [1.82, 2.24) is 5.32 Å². The zero-order valence-electron chi connectivity index (χ0n) is 15.1. The van der Waals surface area contributed by atoms with E-state index in [2.05, 4.69) is 11.4 Å². The van der Waals surface area contributed by atoms with E-state index in [4.69, 9.17) is 5.73 Å². The predicted octanol–water partition coefficient (Wildman–Crippen LogP) is 2.56. The molecule has 1 spiro atoms. The molecule has 5 nitrogen and oxygen atoms in total. The maximum Gasteiger partial charge on any atom is 0.256 e. The number of carbonyl (C=O) groups is 2. The number of nitrogens with two attached hydrogens (primary N) is 1. The number of fused-ring (bicyclic) bond motifs is 1. The van der Waals surface area contributed by atoms with Crippen molar-refractivity contribution >= 4 is 23.2 Å². The van der Waals surface area contributed by atoms with Crippen molar-refractivity contribution in [2.75, 3.05) is 23.7 Å². The normalized spacial score (nSPS) is 21.6. The Kier molecular flexibility index (Phi) is 5.63. The van der Waals surface area contributed by atoms with Gasteiger partial charge >= 0.3 is 0 Å². The van der Waals surface area contributed by atoms with E-state index < -0.39 is 5.41 Å². The van der Waals surface area contributed by atoms with Gasteiger partial charge < -0.3 is 16.0 Å². The Hall–Kier alpha value is -2.24. The standard InChI is InChI=1S/C21H22N3O2.V/c22-17-8-6-15(7-9-17)19(25)24-13-11-21(10-3-12-23-20(21)26)14-16-4-1-2-5-18(16)24;/h2,4-9H,3,10-14,22H2,(H,23,26);/q-1;. The molecule has 2 aromatic carbocycles. The van der Waals surface area contributed by atoms with Gasteiger partial charge in [-0.25, -0.2) is 0 Å². The molecule has 0 bridgehead atoms. The number of hydrogen-bond donors (Lipinski definition) is 2. The van der Waals surface area contributed by atoms with Gasteiger partial charge in [0.25, 0.3) is 5.91 Å². The summed E-state index contributed by atoms with van der Waals surface area (Å²) in [5.74, 6) is 0.0473. The fourth-order valence-electron chi connectivity index (χ4n) is 4.09. The number of piperidine rings is 1. The monoisotopic (exact) mass is 399 g/mol. The molecule has 6 heteroatoms. The van der Waals surface area contributed by atoms with E-state index in [1.54, 1.807) is 29.2 Å². The third kappa shape index (κ3) is 3.62. The van der Waals surface area contributed by atoms with Crippen LogP contribution in [0.3, 0.4) is 0 Å². The van der Waals surface area contributed by atoms with E-state index in [1.165, 1.54) is 0 Å². The molecular weight excluding hydrogens is 377 g/mol. The molecule has 1 fully saturated rings. The summed E-state index contributed by atoms with van der Waals surface area (Å²) in [5, 5.41) is 3.02. The van der Waals surface area contributed by atoms with Crippen molar-refractivity contribution in [3.63, 3.8) is 0 Å². The topological polar surface area (TPSA) is 75.4 Å². The van der Waals surface area contributed by atoms with Crippen molar-refractivity contribution < 1.29 is 28.1 Å². The number of rotatable bonds is 1. The Bertz CT molecular complexity index is 853. The van der Waals surface area contributed by atoms with Crippen LogP contribution in [0.5, 0.6) is 0 Å². The maximum atomic E-state index is 13.2. The molecule has 4 rings (SSSR count). The maximum absolute atomic E-state index is 13.2. The molecule has 2 aliphatic rings. The van der Waals surface area contributed by atoms with E-state index in [1.807, 2.05) is 18.2 Å². The fraction of sp³-hybridized carbons (Fsp3) is 0.333. The minimum atomic E-state index is -0.432. The second-order valence-electron chi connectivity index (χ2n) is 7.20. The molecule has 0 saturated carbocycles. The van der Waals surface area contributed by atoms with Crippen molar-refractivity contribution in [3.8, 4) is 0 Å². The number of anilines is 2. The summed E-state index contributed by atoms with van der Waals surface area (Å²) in [4.78, 5) is 27.6. The van der Waals surface area contributed by atoms with Crippen LogP contribution < -0.4 is 16.0 Å². The Labute approximate surface area is 171 Å². The molecular formula is C21H22N3O2V-. The molecule has 1 radical (unpaired) electrons. The van der Waals surface area contributed by atoms with Gasteiger partial charge in [0.2, 0.25) is 5.91 Å². The van der Waals surface area contributed by atoms with Crippen LogP contribution in [0, 0.1) is 11.5 Å². The molecule has 0 aliphatic carbocycles. The van der Waals surface area contributed by atoms with Crippen molar-refractivity contribution in [2.45, 2.75) is 25.7 Å². The molecule has 27 heavy (non-hydrogen) atoms. The third-order valence-corrected chi connectivity index (χ3v) is 5.56. The summed E-state index contributed by atoms with van der Waals surface area (Å²) in [6, 6.07) is 15.7. The Morgan fingerprint density at radius 2 is 1.96 bits per heavy atom. The number of nitrogen functional groups attached to an aromatic ring is 1. The summed E-state index contributed by atoms with van der Waals surface area (Å²) >= 11 is 0. The van der Waals surface area contributed by atoms with Gasteiger partial charge in [-0.05, 0) is 43.5 Å². The van der Waals surface area contributed by atoms with E-state index in [9.17, 15) is 9.59 Å². The van der Waals surface area contributed by atoms with Gasteiger partial charge in [-0.2, -0.15) is 18.2 Å². The largest absolute Gasteiger partial charge is 0.399 e. The summed E-state index contributed by atoms with van der Waals surface area (Å²) in [5.41, 5.74) is 8.42. The van der Waals surface area contributed by atoms with Gasteiger partial charge in [0, 0.05) is 48.3 Å². The second-order valence-corrected chi connectivity index (χ2v) is 7.20. The van der Waals surface area contributed by atoms with Gasteiger partial charge in [-0.3, -0.25) is 9.59 Å². The Morgan fingerprint density at radius 3 is 2.70 bits per heavy atom. The Balaban J connectivity index is 0.00000210. The van der Waals surface area contributed by atoms with Gasteiger partial charge in [-0.15, -0.1) is 11.6 Å². The number of carbonyl (C=O) groups excluding carboxylic acids is 2. The first-order chi connectivity index (χ1) is 12.6. The average molecular weight is 399 g/mol. The smallest absolute Gasteiger partial charge is 0.256 e. The molecule has 1 unspecified atom stereocenters. The molecule has 0 aromatic heterocycles. The SMILES string of the molecule is Nc1ccc(C(=O)N2CCC3(CCCNC3=O)Cc3c[c-]ccc32)cc1.[V]. The second kappa shape index (κ2) is 7.79. The zero-order chi connectivity index (χ0) is 18.1. The molecule has 2 amide bonds. The van der Waals surface area contributed by atoms with E-state index in [0.29, 0.717) is 30.6 Å². The first-order valence-electron chi connectivity index (χ1n) is 9.04. The first kappa shape index (κ1) is 19.5. The quantitative estimate of drug-likeness (QED) is 0.572. The zero-order valence-corrected chi connectivity index (χ0v) is 16.5. The predicted molar refractivity (Wildman–Crippen MR) is 101 cm³/mol. The van der Waals surface area contributed by atoms with Crippen LogP contribution in [0.25, 0.3) is 0 Å². The number of nitrogens with zero attached hydrogens (tertiary/aromatic N) is 1. The minimum absolute atomic E-state index is 0. The van der Waals surface area contributed by atoms with Crippen molar-refractivity contribution in [3.05, 3.63) is 59.7 Å². The third-order valence-electron chi connectivity index (χ3n) is 5.56. The van der Waals surface area contributed by atoms with Crippen LogP contribution in [-0.2, 0) is 29.8 Å². The minimum Gasteiger partial charge on any atom is -0.399 e. The number of nitrogens with one attached hydrogen (secondary N) is 1. The van der Waals surface area contributed by atoms with Crippen LogP contribution in [-0.4, -0.2) is 24.9 Å². The first-order valence-corrected chi connectivity index (χ1v) is 9.04. The molecule has 1 saturated heterocycles. The Morgan fingerprint density at radius 1 is 1.19 bits per heavy atom. The van der Waals surface area contributed by atoms with E-state index in [0.717, 1.165) is 30.6 Å². The van der Waals surface area contributed by atoms with Gasteiger partial charge in [0.1, 0.15) is 0 Å². The van der Waals surface area contributed by atoms with Crippen LogP contribution in [0.2, 0.25) is 0 Å². The number of benzene rings is 2. The molecule has 2 heterocycles. The molecule has 2 aromatic rings. The van der Waals surface area contributed by atoms with E-state index >= 15 is 0 Å². The van der Waals surface area contributed by atoms with Crippen LogP contribution in [0.15, 0.2) is 42.5 Å². The van der Waals surface area contributed by atoms with Gasteiger partial charge in [-0.1, -0.05) is 12.1 Å². The van der Waals surface area contributed by atoms with Crippen molar-refractivity contribution in [2.24, 2.45) is 5.41 Å². The summed E-state index contributed by atoms with van der Waals surface area (Å²) in [6.45, 7) is 1.26. The van der Waals surface area contributed by atoms with Crippen molar-refractivity contribution in [1.29, 1.82) is 0 Å². The number of hydrogen-bond acceptors (Lipinski definition) is 3.